The van der Waals surface area contributed by atoms with E-state index < -0.39 is 5.60 Å². The summed E-state index contributed by atoms with van der Waals surface area (Å²) in [6, 6.07) is 4.00. The molecule has 4 aliphatic rings. The van der Waals surface area contributed by atoms with Crippen LogP contribution in [0.5, 0.6) is 0 Å². The molecule has 7 nitrogen and oxygen atoms in total. The second-order valence-electron chi connectivity index (χ2n) is 7.87. The standard InChI is InChI=1S/C19H25N3O4/c23-18(17-15-9-25-10-16(15)17)22-5-7-26-19(12-22)11-21(4-6-24-13-19)14-2-1-3-20-8-14/h1-3,8,15-17H,4-7,9-13H2/t15-,16+,17?,19?. The molecule has 1 aromatic heterocycles. The predicted octanol–water partition coefficient (Wildman–Crippen LogP) is 0.408. The zero-order valence-electron chi connectivity index (χ0n) is 14.9. The van der Waals surface area contributed by atoms with E-state index in [1.54, 1.807) is 6.20 Å². The van der Waals surface area contributed by atoms with Crippen molar-refractivity contribution < 1.29 is 19.0 Å². The molecule has 2 unspecified atom stereocenters. The van der Waals surface area contributed by atoms with E-state index in [1.807, 2.05) is 17.2 Å². The van der Waals surface area contributed by atoms with Crippen LogP contribution in [0.25, 0.3) is 0 Å². The van der Waals surface area contributed by atoms with Crippen LogP contribution < -0.4 is 4.90 Å². The molecule has 4 fully saturated rings. The SMILES string of the molecule is O=C(C1[C@H]2COC[C@@H]12)N1CCOC2(COCCN(c3cccnc3)C2)C1. The molecule has 1 aromatic rings. The average Bonchev–Trinajstić information content (AvgIpc) is 3.24. The van der Waals surface area contributed by atoms with Gasteiger partial charge in [0, 0.05) is 25.2 Å². The quantitative estimate of drug-likeness (QED) is 0.762. The number of ether oxygens (including phenoxy) is 3. The van der Waals surface area contributed by atoms with Gasteiger partial charge in [0.15, 0.2) is 0 Å². The van der Waals surface area contributed by atoms with Gasteiger partial charge in [-0.3, -0.25) is 9.78 Å². The molecule has 140 valence electrons. The zero-order chi connectivity index (χ0) is 17.6. The summed E-state index contributed by atoms with van der Waals surface area (Å²) in [5.74, 6) is 1.33. The molecule has 1 amide bonds. The Kier molecular flexibility index (Phi) is 4.10. The molecule has 3 saturated heterocycles. The third-order valence-corrected chi connectivity index (χ3v) is 6.16. The lowest BCUT2D eigenvalue weighted by molar-refractivity contribution is -0.159. The van der Waals surface area contributed by atoms with Crippen molar-refractivity contribution in [3.8, 4) is 0 Å². The van der Waals surface area contributed by atoms with Crippen LogP contribution in [0.3, 0.4) is 0 Å². The lowest BCUT2D eigenvalue weighted by Crippen LogP contribution is -2.60. The van der Waals surface area contributed by atoms with Crippen LogP contribution in [0.15, 0.2) is 24.5 Å². The number of nitrogens with zero attached hydrogens (tertiary/aromatic N) is 3. The molecule has 0 N–H and O–H groups in total. The maximum atomic E-state index is 13.0. The van der Waals surface area contributed by atoms with Crippen LogP contribution in [0.4, 0.5) is 5.69 Å². The number of carbonyl (C=O) groups is 1. The number of rotatable bonds is 2. The lowest BCUT2D eigenvalue weighted by atomic mass is 10.0. The molecule has 7 heteroatoms. The highest BCUT2D eigenvalue weighted by Gasteiger charge is 2.59. The Balaban J connectivity index is 1.31. The number of hydrogen-bond acceptors (Lipinski definition) is 6. The first-order chi connectivity index (χ1) is 12.8. The normalized spacial score (nSPS) is 36.7. The molecule has 3 aliphatic heterocycles. The Morgan fingerprint density at radius 1 is 1.15 bits per heavy atom. The third kappa shape index (κ3) is 2.88. The third-order valence-electron chi connectivity index (χ3n) is 6.16. The monoisotopic (exact) mass is 359 g/mol. The van der Waals surface area contributed by atoms with E-state index in [0.29, 0.717) is 51.3 Å². The molecule has 0 radical (unpaired) electrons. The van der Waals surface area contributed by atoms with Crippen molar-refractivity contribution in [2.75, 3.05) is 64.1 Å². The maximum absolute atomic E-state index is 13.0. The Labute approximate surface area is 153 Å². The van der Waals surface area contributed by atoms with E-state index >= 15 is 0 Å². The lowest BCUT2D eigenvalue weighted by Gasteiger charge is -2.43. The largest absolute Gasteiger partial charge is 0.381 e. The number of hydrogen-bond donors (Lipinski definition) is 0. The van der Waals surface area contributed by atoms with Crippen LogP contribution in [-0.4, -0.2) is 80.6 Å². The Morgan fingerprint density at radius 3 is 2.85 bits per heavy atom. The van der Waals surface area contributed by atoms with Gasteiger partial charge in [-0.25, -0.2) is 0 Å². The van der Waals surface area contributed by atoms with Gasteiger partial charge >= 0.3 is 0 Å². The first-order valence-corrected chi connectivity index (χ1v) is 9.49. The minimum atomic E-state index is -0.471. The summed E-state index contributed by atoms with van der Waals surface area (Å²) >= 11 is 0. The fraction of sp³-hybridized carbons (Fsp3) is 0.684. The zero-order valence-corrected chi connectivity index (χ0v) is 14.9. The average molecular weight is 359 g/mol. The molecule has 1 aliphatic carbocycles. The number of carbonyl (C=O) groups excluding carboxylic acids is 1. The van der Waals surface area contributed by atoms with E-state index in [9.17, 15) is 4.79 Å². The topological polar surface area (TPSA) is 64.1 Å². The number of anilines is 1. The summed E-state index contributed by atoms with van der Waals surface area (Å²) in [7, 11) is 0. The minimum absolute atomic E-state index is 0.167. The number of morpholine rings is 1. The van der Waals surface area contributed by atoms with Gasteiger partial charge in [0.2, 0.25) is 5.91 Å². The molecule has 1 saturated carbocycles. The van der Waals surface area contributed by atoms with E-state index in [1.165, 1.54) is 0 Å². The molecule has 4 heterocycles. The van der Waals surface area contributed by atoms with Gasteiger partial charge in [0.05, 0.1) is 58.0 Å². The second-order valence-corrected chi connectivity index (χ2v) is 7.87. The highest BCUT2D eigenvalue weighted by Crippen LogP contribution is 2.51. The van der Waals surface area contributed by atoms with Gasteiger partial charge in [0.25, 0.3) is 0 Å². The van der Waals surface area contributed by atoms with Crippen molar-refractivity contribution in [3.63, 3.8) is 0 Å². The summed E-state index contributed by atoms with van der Waals surface area (Å²) < 4.78 is 17.5. The number of aromatic nitrogens is 1. The van der Waals surface area contributed by atoms with Crippen LogP contribution in [-0.2, 0) is 19.0 Å². The fourth-order valence-corrected chi connectivity index (χ4v) is 4.70. The van der Waals surface area contributed by atoms with E-state index in [-0.39, 0.29) is 11.8 Å². The van der Waals surface area contributed by atoms with Gasteiger partial charge in [-0.15, -0.1) is 0 Å². The Hall–Kier alpha value is -1.70. The van der Waals surface area contributed by atoms with Gasteiger partial charge in [-0.2, -0.15) is 0 Å². The molecule has 0 bridgehead atoms. The molecule has 0 aromatic carbocycles. The summed E-state index contributed by atoms with van der Waals surface area (Å²) in [4.78, 5) is 21.5. The Bertz CT molecular complexity index is 662. The minimum Gasteiger partial charge on any atom is -0.381 e. The van der Waals surface area contributed by atoms with Gasteiger partial charge < -0.3 is 24.0 Å². The van der Waals surface area contributed by atoms with Crippen molar-refractivity contribution in [2.24, 2.45) is 17.8 Å². The van der Waals surface area contributed by atoms with E-state index in [2.05, 4.69) is 16.0 Å². The van der Waals surface area contributed by atoms with Crippen LogP contribution in [0, 0.1) is 17.8 Å². The van der Waals surface area contributed by atoms with Gasteiger partial charge in [-0.05, 0) is 24.0 Å². The number of pyridine rings is 1. The van der Waals surface area contributed by atoms with Crippen LogP contribution in [0.1, 0.15) is 0 Å². The van der Waals surface area contributed by atoms with Crippen LogP contribution >= 0.6 is 0 Å². The van der Waals surface area contributed by atoms with Crippen molar-refractivity contribution in [2.45, 2.75) is 5.60 Å². The van der Waals surface area contributed by atoms with E-state index in [0.717, 1.165) is 25.4 Å². The molecular formula is C19H25N3O4. The molecule has 5 rings (SSSR count). The molecule has 4 atom stereocenters. The number of amides is 1. The highest BCUT2D eigenvalue weighted by atomic mass is 16.5. The molecule has 26 heavy (non-hydrogen) atoms. The van der Waals surface area contributed by atoms with Gasteiger partial charge in [-0.1, -0.05) is 0 Å². The predicted molar refractivity (Wildman–Crippen MR) is 93.8 cm³/mol. The summed E-state index contributed by atoms with van der Waals surface area (Å²) in [5.41, 5.74) is 0.596. The van der Waals surface area contributed by atoms with Crippen molar-refractivity contribution >= 4 is 11.6 Å². The summed E-state index contributed by atoms with van der Waals surface area (Å²) in [6.45, 7) is 6.01. The highest BCUT2D eigenvalue weighted by molar-refractivity contribution is 5.82. The van der Waals surface area contributed by atoms with Crippen molar-refractivity contribution in [1.29, 1.82) is 0 Å². The molecular weight excluding hydrogens is 334 g/mol. The van der Waals surface area contributed by atoms with Crippen molar-refractivity contribution in [1.82, 2.24) is 9.88 Å². The first-order valence-electron chi connectivity index (χ1n) is 9.49. The smallest absolute Gasteiger partial charge is 0.226 e. The fourth-order valence-electron chi connectivity index (χ4n) is 4.70. The second kappa shape index (κ2) is 6.48. The number of fused-ring (bicyclic) bond motifs is 1. The summed E-state index contributed by atoms with van der Waals surface area (Å²) in [6.07, 6.45) is 3.65. The van der Waals surface area contributed by atoms with Crippen molar-refractivity contribution in [3.05, 3.63) is 24.5 Å². The maximum Gasteiger partial charge on any atom is 0.226 e. The van der Waals surface area contributed by atoms with E-state index in [4.69, 9.17) is 14.2 Å². The first kappa shape index (κ1) is 16.5. The summed E-state index contributed by atoms with van der Waals surface area (Å²) in [5, 5.41) is 0. The molecule has 1 spiro atoms. The van der Waals surface area contributed by atoms with Crippen LogP contribution in [0.2, 0.25) is 0 Å². The Morgan fingerprint density at radius 2 is 2.04 bits per heavy atom. The van der Waals surface area contributed by atoms with Gasteiger partial charge in [0.1, 0.15) is 5.60 Å².